The Morgan fingerprint density at radius 3 is 2.58 bits per heavy atom. The summed E-state index contributed by atoms with van der Waals surface area (Å²) in [6.45, 7) is 8.82. The summed E-state index contributed by atoms with van der Waals surface area (Å²) in [4.78, 5) is 24.0. The highest BCUT2D eigenvalue weighted by molar-refractivity contribution is 5.90. The summed E-state index contributed by atoms with van der Waals surface area (Å²) in [6, 6.07) is 0. The van der Waals surface area contributed by atoms with Crippen molar-refractivity contribution in [2.75, 3.05) is 6.61 Å². The minimum atomic E-state index is -0.398. The van der Waals surface area contributed by atoms with Crippen LogP contribution in [0.15, 0.2) is 0 Å². The van der Waals surface area contributed by atoms with Crippen molar-refractivity contribution in [2.24, 2.45) is 22.7 Å². The molecule has 2 unspecified atom stereocenters. The Morgan fingerprint density at radius 1 is 1.42 bits per heavy atom. The van der Waals surface area contributed by atoms with Crippen LogP contribution in [0.2, 0.25) is 0 Å². The van der Waals surface area contributed by atoms with E-state index in [4.69, 9.17) is 4.74 Å². The SMILES string of the molecule is CC(C)CCC(=O)OCC12CCC(CC1=O)C2(C)C. The molecule has 0 radical (unpaired) electrons. The second-order valence-electron chi connectivity index (χ2n) is 7.26. The monoisotopic (exact) mass is 266 g/mol. The Hall–Kier alpha value is -0.860. The van der Waals surface area contributed by atoms with Crippen molar-refractivity contribution >= 4 is 11.8 Å². The normalized spacial score (nSPS) is 32.1. The number of ether oxygens (including phenoxy) is 1. The van der Waals surface area contributed by atoms with Crippen LogP contribution in [-0.2, 0) is 14.3 Å². The van der Waals surface area contributed by atoms with E-state index in [9.17, 15) is 9.59 Å². The lowest BCUT2D eigenvalue weighted by Gasteiger charge is -2.35. The zero-order chi connectivity index (χ0) is 14.3. The molecule has 2 bridgehead atoms. The van der Waals surface area contributed by atoms with E-state index >= 15 is 0 Å². The fraction of sp³-hybridized carbons (Fsp3) is 0.875. The van der Waals surface area contributed by atoms with Crippen molar-refractivity contribution in [3.05, 3.63) is 0 Å². The molecule has 0 N–H and O–H groups in total. The van der Waals surface area contributed by atoms with Gasteiger partial charge in [-0.15, -0.1) is 0 Å². The first-order chi connectivity index (χ1) is 8.79. The zero-order valence-corrected chi connectivity index (χ0v) is 12.6. The van der Waals surface area contributed by atoms with E-state index in [0.717, 1.165) is 19.3 Å². The van der Waals surface area contributed by atoms with Gasteiger partial charge in [-0.3, -0.25) is 9.59 Å². The van der Waals surface area contributed by atoms with E-state index in [1.165, 1.54) is 0 Å². The van der Waals surface area contributed by atoms with Crippen molar-refractivity contribution in [1.82, 2.24) is 0 Å². The van der Waals surface area contributed by atoms with E-state index in [2.05, 4.69) is 27.7 Å². The van der Waals surface area contributed by atoms with E-state index in [0.29, 0.717) is 37.1 Å². The molecule has 3 heteroatoms. The average Bonchev–Trinajstić information content (AvgIpc) is 2.67. The number of hydrogen-bond acceptors (Lipinski definition) is 3. The van der Waals surface area contributed by atoms with Crippen LogP contribution in [-0.4, -0.2) is 18.4 Å². The van der Waals surface area contributed by atoms with Gasteiger partial charge in [0.25, 0.3) is 0 Å². The third-order valence-electron chi connectivity index (χ3n) is 5.54. The van der Waals surface area contributed by atoms with Gasteiger partial charge in [0.1, 0.15) is 12.4 Å². The summed E-state index contributed by atoms with van der Waals surface area (Å²) in [7, 11) is 0. The molecule has 2 aliphatic rings. The zero-order valence-electron chi connectivity index (χ0n) is 12.6. The number of fused-ring (bicyclic) bond motifs is 2. The van der Waals surface area contributed by atoms with Gasteiger partial charge in [0.05, 0.1) is 5.41 Å². The number of hydrogen-bond donors (Lipinski definition) is 0. The third kappa shape index (κ3) is 2.32. The first-order valence-corrected chi connectivity index (χ1v) is 7.48. The molecule has 0 saturated heterocycles. The summed E-state index contributed by atoms with van der Waals surface area (Å²) in [5, 5.41) is 0. The van der Waals surface area contributed by atoms with Gasteiger partial charge in [-0.2, -0.15) is 0 Å². The molecule has 19 heavy (non-hydrogen) atoms. The van der Waals surface area contributed by atoms with Crippen LogP contribution in [0.3, 0.4) is 0 Å². The molecule has 2 atom stereocenters. The van der Waals surface area contributed by atoms with Gasteiger partial charge >= 0.3 is 5.97 Å². The summed E-state index contributed by atoms with van der Waals surface area (Å²) < 4.78 is 5.44. The predicted octanol–water partition coefficient (Wildman–Crippen LogP) is 3.36. The van der Waals surface area contributed by atoms with Crippen molar-refractivity contribution < 1.29 is 14.3 Å². The van der Waals surface area contributed by atoms with Crippen LogP contribution in [0.1, 0.15) is 59.8 Å². The van der Waals surface area contributed by atoms with Crippen LogP contribution >= 0.6 is 0 Å². The van der Waals surface area contributed by atoms with Crippen LogP contribution in [0, 0.1) is 22.7 Å². The number of carbonyl (C=O) groups is 2. The van der Waals surface area contributed by atoms with Gasteiger partial charge < -0.3 is 4.74 Å². The minimum absolute atomic E-state index is 0.0115. The lowest BCUT2D eigenvalue weighted by molar-refractivity contribution is -0.152. The summed E-state index contributed by atoms with van der Waals surface area (Å²) in [6.07, 6.45) is 3.98. The molecule has 2 saturated carbocycles. The molecule has 3 nitrogen and oxygen atoms in total. The summed E-state index contributed by atoms with van der Waals surface area (Å²) in [5.41, 5.74) is -0.409. The van der Waals surface area contributed by atoms with Gasteiger partial charge in [0.15, 0.2) is 0 Å². The molecule has 0 spiro atoms. The number of Topliss-reactive ketones (excluding diaryl/α,β-unsaturated/α-hetero) is 1. The van der Waals surface area contributed by atoms with Crippen molar-refractivity contribution in [2.45, 2.75) is 59.8 Å². The molecule has 2 fully saturated rings. The van der Waals surface area contributed by atoms with Gasteiger partial charge in [-0.25, -0.2) is 0 Å². The van der Waals surface area contributed by atoms with E-state index < -0.39 is 5.41 Å². The molecule has 0 aliphatic heterocycles. The quantitative estimate of drug-likeness (QED) is 0.717. The van der Waals surface area contributed by atoms with E-state index in [1.54, 1.807) is 0 Å². The maximum absolute atomic E-state index is 12.3. The predicted molar refractivity (Wildman–Crippen MR) is 73.6 cm³/mol. The summed E-state index contributed by atoms with van der Waals surface area (Å²) in [5.74, 6) is 1.15. The standard InChI is InChI=1S/C16H26O3/c1-11(2)5-6-14(18)19-10-16-8-7-12(9-13(16)17)15(16,3)4/h11-12H,5-10H2,1-4H3. The average molecular weight is 266 g/mol. The topological polar surface area (TPSA) is 43.4 Å². The highest BCUT2D eigenvalue weighted by Gasteiger charge is 2.64. The van der Waals surface area contributed by atoms with Crippen molar-refractivity contribution in [3.63, 3.8) is 0 Å². The third-order valence-corrected chi connectivity index (χ3v) is 5.54. The Bertz CT molecular complexity index is 383. The molecular formula is C16H26O3. The number of rotatable bonds is 5. The fourth-order valence-corrected chi connectivity index (χ4v) is 3.79. The van der Waals surface area contributed by atoms with E-state index in [-0.39, 0.29) is 11.4 Å². The summed E-state index contributed by atoms with van der Waals surface area (Å²) >= 11 is 0. The Kier molecular flexibility index (Phi) is 3.76. The second kappa shape index (κ2) is 4.92. The number of carbonyl (C=O) groups excluding carboxylic acids is 2. The maximum Gasteiger partial charge on any atom is 0.305 e. The highest BCUT2D eigenvalue weighted by Crippen LogP contribution is 2.63. The second-order valence-corrected chi connectivity index (χ2v) is 7.26. The lowest BCUT2D eigenvalue weighted by Crippen LogP contribution is -2.40. The molecule has 0 heterocycles. The van der Waals surface area contributed by atoms with Crippen LogP contribution in [0.25, 0.3) is 0 Å². The molecule has 2 rings (SSSR count). The van der Waals surface area contributed by atoms with Gasteiger partial charge in [-0.05, 0) is 36.5 Å². The molecule has 0 amide bonds. The maximum atomic E-state index is 12.3. The van der Waals surface area contributed by atoms with Crippen molar-refractivity contribution in [1.29, 1.82) is 0 Å². The molecule has 108 valence electrons. The minimum Gasteiger partial charge on any atom is -0.465 e. The molecule has 2 aliphatic carbocycles. The fourth-order valence-electron chi connectivity index (χ4n) is 3.79. The van der Waals surface area contributed by atoms with Crippen molar-refractivity contribution in [3.8, 4) is 0 Å². The molecule has 0 aromatic heterocycles. The molecule has 0 aromatic carbocycles. The molecule has 0 aromatic rings. The lowest BCUT2D eigenvalue weighted by atomic mass is 9.69. The van der Waals surface area contributed by atoms with E-state index in [1.807, 2.05) is 0 Å². The van der Waals surface area contributed by atoms with Gasteiger partial charge in [-0.1, -0.05) is 27.7 Å². The Morgan fingerprint density at radius 2 is 2.11 bits per heavy atom. The van der Waals surface area contributed by atoms with Crippen LogP contribution in [0.5, 0.6) is 0 Å². The highest BCUT2D eigenvalue weighted by atomic mass is 16.5. The number of esters is 1. The Balaban J connectivity index is 1.95. The van der Waals surface area contributed by atoms with Gasteiger partial charge in [0, 0.05) is 12.8 Å². The van der Waals surface area contributed by atoms with Gasteiger partial charge in [0.2, 0.25) is 0 Å². The van der Waals surface area contributed by atoms with Crippen LogP contribution in [0.4, 0.5) is 0 Å². The first kappa shape index (κ1) is 14.5. The molecular weight excluding hydrogens is 240 g/mol. The smallest absolute Gasteiger partial charge is 0.305 e. The van der Waals surface area contributed by atoms with Crippen LogP contribution < -0.4 is 0 Å². The first-order valence-electron chi connectivity index (χ1n) is 7.48. The number of ketones is 1. The Labute approximate surface area is 116 Å². The largest absolute Gasteiger partial charge is 0.465 e.